The van der Waals surface area contributed by atoms with Gasteiger partial charge >= 0.3 is 11.9 Å². The van der Waals surface area contributed by atoms with Gasteiger partial charge in [-0.1, -0.05) is 101 Å². The van der Waals surface area contributed by atoms with E-state index in [9.17, 15) is 9.59 Å². The number of aromatic nitrogens is 2. The Hall–Kier alpha value is -6.08. The zero-order valence-corrected chi connectivity index (χ0v) is 33.3. The summed E-state index contributed by atoms with van der Waals surface area (Å²) in [6.45, 7) is 17.2. The minimum Gasteiger partial charge on any atom is -0.495 e. The molecule has 0 fully saturated rings. The Balaban J connectivity index is 1.59. The van der Waals surface area contributed by atoms with E-state index in [4.69, 9.17) is 14.2 Å². The molecule has 0 radical (unpaired) electrons. The number of benzene rings is 4. The standard InChI is InChI=1S/C48H48N2O5/c1-29-17-33(21-37(19-29)47(3,4)5)35-23-39(31-13-11-15-49-27-31)43(53-9)41(25-35)46(52)55-44-40(32-14-12-16-50-28-32)24-36(26-42(44)45(51)54-10)34-18-30(2)20-38(22-34)48(6,7)8/h11-28H,1-10H3. The lowest BCUT2D eigenvalue weighted by Gasteiger charge is -2.22. The van der Waals surface area contributed by atoms with Crippen molar-refractivity contribution in [3.8, 4) is 56.0 Å². The summed E-state index contributed by atoms with van der Waals surface area (Å²) in [4.78, 5) is 37.2. The number of hydrogen-bond acceptors (Lipinski definition) is 7. The third-order valence-electron chi connectivity index (χ3n) is 9.70. The van der Waals surface area contributed by atoms with Crippen LogP contribution in [0.4, 0.5) is 0 Å². The van der Waals surface area contributed by atoms with Crippen molar-refractivity contribution >= 4 is 11.9 Å². The smallest absolute Gasteiger partial charge is 0.347 e. The Labute approximate surface area is 324 Å². The maximum atomic E-state index is 14.8. The van der Waals surface area contributed by atoms with Gasteiger partial charge in [0.15, 0.2) is 5.75 Å². The Morgan fingerprint density at radius 2 is 0.964 bits per heavy atom. The van der Waals surface area contributed by atoms with Gasteiger partial charge in [-0.3, -0.25) is 9.97 Å². The van der Waals surface area contributed by atoms with Gasteiger partial charge in [0.1, 0.15) is 16.9 Å². The average molecular weight is 733 g/mol. The number of hydrogen-bond donors (Lipinski definition) is 0. The molecule has 0 amide bonds. The molecule has 280 valence electrons. The van der Waals surface area contributed by atoms with Crippen LogP contribution in [0.25, 0.3) is 44.5 Å². The summed E-state index contributed by atoms with van der Waals surface area (Å²) >= 11 is 0. The van der Waals surface area contributed by atoms with Crippen LogP contribution in [0.1, 0.15) is 84.5 Å². The normalized spacial score (nSPS) is 11.6. The van der Waals surface area contributed by atoms with Gasteiger partial charge in [-0.05, 0) is 94.5 Å². The second kappa shape index (κ2) is 15.3. The second-order valence-corrected chi connectivity index (χ2v) is 16.0. The number of carbonyl (C=O) groups excluding carboxylic acids is 2. The largest absolute Gasteiger partial charge is 0.495 e. The molecule has 7 nitrogen and oxygen atoms in total. The highest BCUT2D eigenvalue weighted by molar-refractivity contribution is 6.03. The Morgan fingerprint density at radius 3 is 1.36 bits per heavy atom. The molecule has 0 saturated heterocycles. The van der Waals surface area contributed by atoms with Gasteiger partial charge in [-0.15, -0.1) is 0 Å². The molecule has 0 atom stereocenters. The van der Waals surface area contributed by atoms with E-state index < -0.39 is 11.9 Å². The average Bonchev–Trinajstić information content (AvgIpc) is 3.16. The highest BCUT2D eigenvalue weighted by atomic mass is 16.5. The third-order valence-corrected chi connectivity index (χ3v) is 9.70. The van der Waals surface area contributed by atoms with E-state index in [0.29, 0.717) is 22.4 Å². The lowest BCUT2D eigenvalue weighted by Crippen LogP contribution is -2.15. The molecule has 6 rings (SSSR count). The zero-order valence-electron chi connectivity index (χ0n) is 33.3. The molecule has 7 heteroatoms. The summed E-state index contributed by atoms with van der Waals surface area (Å²) in [6, 6.07) is 27.7. The van der Waals surface area contributed by atoms with Crippen molar-refractivity contribution < 1.29 is 23.8 Å². The molecule has 0 unspecified atom stereocenters. The van der Waals surface area contributed by atoms with Crippen molar-refractivity contribution in [1.29, 1.82) is 0 Å². The van der Waals surface area contributed by atoms with Gasteiger partial charge in [0.2, 0.25) is 0 Å². The molecular weight excluding hydrogens is 685 g/mol. The van der Waals surface area contributed by atoms with Gasteiger partial charge in [-0.25, -0.2) is 9.59 Å². The van der Waals surface area contributed by atoms with Crippen molar-refractivity contribution in [2.24, 2.45) is 0 Å². The lowest BCUT2D eigenvalue weighted by molar-refractivity contribution is 0.0593. The fourth-order valence-corrected chi connectivity index (χ4v) is 6.72. The van der Waals surface area contributed by atoms with E-state index in [0.717, 1.165) is 50.1 Å². The predicted molar refractivity (Wildman–Crippen MR) is 220 cm³/mol. The topological polar surface area (TPSA) is 87.6 Å². The summed E-state index contributed by atoms with van der Waals surface area (Å²) in [5.41, 5.74) is 10.6. The number of rotatable bonds is 8. The monoisotopic (exact) mass is 732 g/mol. The first kappa shape index (κ1) is 38.6. The fourth-order valence-electron chi connectivity index (χ4n) is 6.72. The summed E-state index contributed by atoms with van der Waals surface area (Å²) in [7, 11) is 2.84. The molecule has 2 aromatic heterocycles. The molecule has 2 heterocycles. The minimum absolute atomic E-state index is 0.0539. The van der Waals surface area contributed by atoms with Crippen LogP contribution in [-0.4, -0.2) is 36.1 Å². The molecule has 0 spiro atoms. The highest BCUT2D eigenvalue weighted by Crippen LogP contribution is 2.43. The molecule has 0 N–H and O–H groups in total. The van der Waals surface area contributed by atoms with Crippen molar-refractivity contribution in [1.82, 2.24) is 9.97 Å². The van der Waals surface area contributed by atoms with Gasteiger partial charge < -0.3 is 14.2 Å². The van der Waals surface area contributed by atoms with Crippen LogP contribution in [0.2, 0.25) is 0 Å². The maximum absolute atomic E-state index is 14.8. The quantitative estimate of drug-likeness (QED) is 0.114. The SMILES string of the molecule is COC(=O)c1cc(-c2cc(C)cc(C(C)(C)C)c2)cc(-c2cccnc2)c1OC(=O)c1cc(-c2cc(C)cc(C(C)(C)C)c2)cc(-c2cccnc2)c1OC. The van der Waals surface area contributed by atoms with Crippen LogP contribution in [0.3, 0.4) is 0 Å². The van der Waals surface area contributed by atoms with Crippen molar-refractivity contribution in [2.45, 2.75) is 66.2 Å². The second-order valence-electron chi connectivity index (χ2n) is 16.0. The molecule has 0 bridgehead atoms. The molecule has 0 aliphatic heterocycles. The number of esters is 2. The van der Waals surface area contributed by atoms with Crippen molar-refractivity contribution in [3.05, 3.63) is 143 Å². The maximum Gasteiger partial charge on any atom is 0.347 e. The van der Waals surface area contributed by atoms with Crippen LogP contribution >= 0.6 is 0 Å². The fraction of sp³-hybridized carbons (Fsp3) is 0.250. The van der Waals surface area contributed by atoms with Gasteiger partial charge in [0, 0.05) is 47.0 Å². The van der Waals surface area contributed by atoms with Gasteiger partial charge in [0.05, 0.1) is 14.2 Å². The van der Waals surface area contributed by atoms with Crippen LogP contribution in [0, 0.1) is 13.8 Å². The summed E-state index contributed by atoms with van der Waals surface area (Å²) < 4.78 is 17.7. The zero-order chi connectivity index (χ0) is 39.7. The molecule has 4 aromatic carbocycles. The summed E-state index contributed by atoms with van der Waals surface area (Å²) in [5.74, 6) is -0.983. The Morgan fingerprint density at radius 1 is 0.527 bits per heavy atom. The van der Waals surface area contributed by atoms with E-state index >= 15 is 0 Å². The highest BCUT2D eigenvalue weighted by Gasteiger charge is 2.28. The third kappa shape index (κ3) is 8.36. The van der Waals surface area contributed by atoms with Crippen LogP contribution in [0.5, 0.6) is 11.5 Å². The number of pyridine rings is 2. The first-order valence-electron chi connectivity index (χ1n) is 18.3. The lowest BCUT2D eigenvalue weighted by atomic mass is 9.84. The first-order valence-corrected chi connectivity index (χ1v) is 18.3. The number of aryl methyl sites for hydroxylation is 2. The first-order chi connectivity index (χ1) is 26.1. The van der Waals surface area contributed by atoms with Crippen LogP contribution < -0.4 is 9.47 Å². The van der Waals surface area contributed by atoms with Crippen molar-refractivity contribution in [3.63, 3.8) is 0 Å². The van der Waals surface area contributed by atoms with Crippen molar-refractivity contribution in [2.75, 3.05) is 14.2 Å². The number of nitrogens with zero attached hydrogens (tertiary/aromatic N) is 2. The minimum atomic E-state index is -0.707. The van der Waals surface area contributed by atoms with Gasteiger partial charge in [0.25, 0.3) is 0 Å². The molecule has 0 aliphatic rings. The Bertz CT molecular complexity index is 2390. The number of methoxy groups -OCH3 is 2. The predicted octanol–water partition coefficient (Wildman–Crippen LogP) is 11.4. The molecule has 0 saturated carbocycles. The van der Waals surface area contributed by atoms with Crippen LogP contribution in [-0.2, 0) is 15.6 Å². The van der Waals surface area contributed by atoms with Gasteiger partial charge in [-0.2, -0.15) is 0 Å². The van der Waals surface area contributed by atoms with E-state index in [-0.39, 0.29) is 27.7 Å². The van der Waals surface area contributed by atoms with E-state index in [2.05, 4.69) is 102 Å². The summed E-state index contributed by atoms with van der Waals surface area (Å²) in [5, 5.41) is 0. The van der Waals surface area contributed by atoms with E-state index in [1.807, 2.05) is 30.3 Å². The molecule has 0 aliphatic carbocycles. The molecule has 55 heavy (non-hydrogen) atoms. The Kier molecular flexibility index (Phi) is 10.8. The summed E-state index contributed by atoms with van der Waals surface area (Å²) in [6.07, 6.45) is 6.78. The number of carbonyl (C=O) groups is 2. The van der Waals surface area contributed by atoms with E-state index in [1.165, 1.54) is 14.2 Å². The molecule has 6 aromatic rings. The van der Waals surface area contributed by atoms with Crippen LogP contribution in [0.15, 0.2) is 110 Å². The van der Waals surface area contributed by atoms with E-state index in [1.54, 1.807) is 43.0 Å². The molecular formula is C48H48N2O5. The number of ether oxygens (including phenoxy) is 3.